The van der Waals surface area contributed by atoms with Gasteiger partial charge in [-0.25, -0.2) is 4.98 Å². The summed E-state index contributed by atoms with van der Waals surface area (Å²) in [4.78, 5) is 6.28. The number of hydrogen-bond acceptors (Lipinski definition) is 6. The first-order valence-corrected chi connectivity index (χ1v) is 5.21. The fraction of sp³-hybridized carbons (Fsp3) is 0.375. The van der Waals surface area contributed by atoms with Crippen molar-refractivity contribution in [1.29, 1.82) is 0 Å². The van der Waals surface area contributed by atoms with E-state index in [-0.39, 0.29) is 0 Å². The second kappa shape index (κ2) is 3.85. The monoisotopic (exact) mass is 224 g/mol. The SMILES string of the molecule is CN(C)c1nc(Cn2ccc(N)n2)ns1. The summed E-state index contributed by atoms with van der Waals surface area (Å²) in [6, 6.07) is 1.75. The van der Waals surface area contributed by atoms with E-state index in [0.29, 0.717) is 12.4 Å². The molecule has 0 aliphatic heterocycles. The molecule has 0 atom stereocenters. The summed E-state index contributed by atoms with van der Waals surface area (Å²) in [5.41, 5.74) is 5.51. The van der Waals surface area contributed by atoms with Crippen LogP contribution in [0.5, 0.6) is 0 Å². The molecule has 2 aromatic rings. The molecular formula is C8H12N6S. The van der Waals surface area contributed by atoms with E-state index in [0.717, 1.165) is 11.0 Å². The number of nitrogen functional groups attached to an aromatic ring is 1. The summed E-state index contributed by atoms with van der Waals surface area (Å²) in [7, 11) is 3.88. The van der Waals surface area contributed by atoms with Gasteiger partial charge in [-0.05, 0) is 6.07 Å². The molecule has 0 radical (unpaired) electrons. The first-order valence-electron chi connectivity index (χ1n) is 4.44. The summed E-state index contributed by atoms with van der Waals surface area (Å²) in [6.45, 7) is 0.557. The summed E-state index contributed by atoms with van der Waals surface area (Å²) < 4.78 is 5.95. The predicted octanol–water partition coefficient (Wildman–Crippen LogP) is 0.431. The van der Waals surface area contributed by atoms with Crippen LogP contribution in [0, 0.1) is 0 Å². The van der Waals surface area contributed by atoms with Crippen LogP contribution in [0.4, 0.5) is 10.9 Å². The molecule has 80 valence electrons. The third-order valence-corrected chi connectivity index (χ3v) is 2.73. The van der Waals surface area contributed by atoms with Crippen LogP contribution >= 0.6 is 11.5 Å². The molecule has 0 saturated carbocycles. The Labute approximate surface area is 91.5 Å². The lowest BCUT2D eigenvalue weighted by molar-refractivity contribution is 0.666. The van der Waals surface area contributed by atoms with Crippen molar-refractivity contribution >= 4 is 22.5 Å². The molecule has 2 aromatic heterocycles. The van der Waals surface area contributed by atoms with Crippen molar-refractivity contribution in [3.05, 3.63) is 18.1 Å². The molecule has 6 nitrogen and oxygen atoms in total. The van der Waals surface area contributed by atoms with Crippen LogP contribution in [0.3, 0.4) is 0 Å². The van der Waals surface area contributed by atoms with E-state index in [4.69, 9.17) is 5.73 Å². The molecule has 0 spiro atoms. The van der Waals surface area contributed by atoms with Crippen molar-refractivity contribution in [2.24, 2.45) is 0 Å². The predicted molar refractivity (Wildman–Crippen MR) is 60.0 cm³/mol. The van der Waals surface area contributed by atoms with Crippen LogP contribution in [0.25, 0.3) is 0 Å². The number of aromatic nitrogens is 4. The normalized spacial score (nSPS) is 10.5. The molecule has 2 heterocycles. The van der Waals surface area contributed by atoms with E-state index in [1.165, 1.54) is 11.5 Å². The van der Waals surface area contributed by atoms with Gasteiger partial charge in [0.1, 0.15) is 12.4 Å². The maximum atomic E-state index is 5.51. The average molecular weight is 224 g/mol. The molecule has 0 fully saturated rings. The highest BCUT2D eigenvalue weighted by molar-refractivity contribution is 7.09. The van der Waals surface area contributed by atoms with Gasteiger partial charge in [-0.3, -0.25) is 4.68 Å². The lowest BCUT2D eigenvalue weighted by Crippen LogP contribution is -2.08. The summed E-state index contributed by atoms with van der Waals surface area (Å²) in [5.74, 6) is 1.27. The standard InChI is InChI=1S/C8H12N6S/c1-13(2)8-10-7(12-15-8)5-14-4-3-6(9)11-14/h3-4H,5H2,1-2H3,(H2,9,11). The highest BCUT2D eigenvalue weighted by Gasteiger charge is 2.06. The molecule has 15 heavy (non-hydrogen) atoms. The Kier molecular flexibility index (Phi) is 2.55. The van der Waals surface area contributed by atoms with E-state index in [2.05, 4.69) is 14.5 Å². The third-order valence-electron chi connectivity index (χ3n) is 1.80. The Balaban J connectivity index is 2.11. The summed E-state index contributed by atoms with van der Waals surface area (Å²) >= 11 is 1.38. The van der Waals surface area contributed by atoms with Crippen LogP contribution in [0.2, 0.25) is 0 Å². The molecule has 0 saturated heterocycles. The van der Waals surface area contributed by atoms with Crippen molar-refractivity contribution in [2.45, 2.75) is 6.54 Å². The Morgan fingerprint density at radius 2 is 2.33 bits per heavy atom. The van der Waals surface area contributed by atoms with Crippen molar-refractivity contribution in [3.8, 4) is 0 Å². The Morgan fingerprint density at radius 3 is 2.87 bits per heavy atom. The van der Waals surface area contributed by atoms with Crippen LogP contribution in [-0.4, -0.2) is 33.2 Å². The van der Waals surface area contributed by atoms with Gasteiger partial charge in [0.2, 0.25) is 5.13 Å². The number of rotatable bonds is 3. The Morgan fingerprint density at radius 1 is 1.53 bits per heavy atom. The fourth-order valence-electron chi connectivity index (χ4n) is 1.10. The van der Waals surface area contributed by atoms with Crippen LogP contribution in [0.15, 0.2) is 12.3 Å². The summed E-state index contributed by atoms with van der Waals surface area (Å²) in [5, 5.41) is 4.96. The van der Waals surface area contributed by atoms with E-state index in [9.17, 15) is 0 Å². The second-order valence-corrected chi connectivity index (χ2v) is 4.06. The molecule has 0 unspecified atom stereocenters. The van der Waals surface area contributed by atoms with Crippen molar-refractivity contribution < 1.29 is 0 Å². The maximum Gasteiger partial charge on any atom is 0.204 e. The first kappa shape index (κ1) is 9.91. The molecule has 2 N–H and O–H groups in total. The zero-order valence-electron chi connectivity index (χ0n) is 8.58. The Hall–Kier alpha value is -1.63. The number of hydrogen-bond donors (Lipinski definition) is 1. The molecule has 0 aliphatic carbocycles. The van der Waals surface area contributed by atoms with Gasteiger partial charge >= 0.3 is 0 Å². The minimum absolute atomic E-state index is 0.512. The van der Waals surface area contributed by atoms with E-state index < -0.39 is 0 Å². The van der Waals surface area contributed by atoms with Crippen molar-refractivity contribution in [3.63, 3.8) is 0 Å². The number of anilines is 2. The van der Waals surface area contributed by atoms with Gasteiger partial charge in [-0.15, -0.1) is 0 Å². The topological polar surface area (TPSA) is 72.9 Å². The molecule has 2 rings (SSSR count). The van der Waals surface area contributed by atoms with Gasteiger partial charge in [0, 0.05) is 31.8 Å². The van der Waals surface area contributed by atoms with Gasteiger partial charge in [0.15, 0.2) is 5.82 Å². The highest BCUT2D eigenvalue weighted by atomic mass is 32.1. The zero-order chi connectivity index (χ0) is 10.8. The zero-order valence-corrected chi connectivity index (χ0v) is 9.40. The van der Waals surface area contributed by atoms with Gasteiger partial charge in [0.25, 0.3) is 0 Å². The quantitative estimate of drug-likeness (QED) is 0.818. The average Bonchev–Trinajstić information content (AvgIpc) is 2.76. The van der Waals surface area contributed by atoms with Crippen LogP contribution < -0.4 is 10.6 Å². The Bertz CT molecular complexity index is 445. The largest absolute Gasteiger partial charge is 0.382 e. The number of nitrogens with two attached hydrogens (primary N) is 1. The number of nitrogens with zero attached hydrogens (tertiary/aromatic N) is 5. The van der Waals surface area contributed by atoms with Crippen LogP contribution in [-0.2, 0) is 6.54 Å². The molecular weight excluding hydrogens is 212 g/mol. The van der Waals surface area contributed by atoms with E-state index in [1.54, 1.807) is 10.7 Å². The fourth-order valence-corrected chi connectivity index (χ4v) is 1.70. The smallest absolute Gasteiger partial charge is 0.204 e. The first-order chi connectivity index (χ1) is 7.15. The van der Waals surface area contributed by atoms with Crippen molar-refractivity contribution in [1.82, 2.24) is 19.1 Å². The molecule has 0 aliphatic rings. The molecule has 0 amide bonds. The highest BCUT2D eigenvalue weighted by Crippen LogP contribution is 2.14. The molecule has 7 heteroatoms. The van der Waals surface area contributed by atoms with Crippen LogP contribution in [0.1, 0.15) is 5.82 Å². The van der Waals surface area contributed by atoms with Gasteiger partial charge < -0.3 is 10.6 Å². The lowest BCUT2D eigenvalue weighted by Gasteiger charge is -2.04. The van der Waals surface area contributed by atoms with E-state index in [1.807, 2.05) is 25.2 Å². The van der Waals surface area contributed by atoms with Gasteiger partial charge in [-0.1, -0.05) is 0 Å². The molecule has 0 bridgehead atoms. The summed E-state index contributed by atoms with van der Waals surface area (Å²) in [6.07, 6.45) is 1.81. The second-order valence-electron chi connectivity index (χ2n) is 3.33. The van der Waals surface area contributed by atoms with E-state index >= 15 is 0 Å². The maximum absolute atomic E-state index is 5.51. The minimum Gasteiger partial charge on any atom is -0.382 e. The molecule has 0 aromatic carbocycles. The third kappa shape index (κ3) is 2.24. The lowest BCUT2D eigenvalue weighted by atomic mass is 10.6. The minimum atomic E-state index is 0.512. The van der Waals surface area contributed by atoms with Crippen molar-refractivity contribution in [2.75, 3.05) is 24.7 Å². The van der Waals surface area contributed by atoms with Gasteiger partial charge in [0.05, 0.1) is 0 Å². The van der Waals surface area contributed by atoms with Gasteiger partial charge in [-0.2, -0.15) is 9.47 Å².